The first kappa shape index (κ1) is 13.9. The Morgan fingerprint density at radius 2 is 2.23 bits per heavy atom. The fourth-order valence-corrected chi connectivity index (χ4v) is 2.50. The molecule has 0 saturated heterocycles. The van der Waals surface area contributed by atoms with E-state index in [1.165, 1.54) is 6.20 Å². The maximum atomic E-state index is 11.4. The van der Waals surface area contributed by atoms with Gasteiger partial charge in [-0.3, -0.25) is 4.98 Å². The van der Waals surface area contributed by atoms with Gasteiger partial charge in [-0.25, -0.2) is 4.79 Å². The number of aromatic nitrogens is 2. The molecule has 2 heterocycles. The summed E-state index contributed by atoms with van der Waals surface area (Å²) in [5, 5.41) is 22.4. The van der Waals surface area contributed by atoms with E-state index in [1.807, 2.05) is 19.9 Å². The van der Waals surface area contributed by atoms with Crippen molar-refractivity contribution in [2.45, 2.75) is 19.9 Å². The Kier molecular flexibility index (Phi) is 3.18. The number of anilines is 1. The van der Waals surface area contributed by atoms with Crippen LogP contribution in [-0.4, -0.2) is 27.1 Å². The second kappa shape index (κ2) is 5.04. The lowest BCUT2D eigenvalue weighted by molar-refractivity contribution is 0.0697. The summed E-state index contributed by atoms with van der Waals surface area (Å²) < 4.78 is 0. The molecule has 0 bridgehead atoms. The van der Waals surface area contributed by atoms with E-state index in [2.05, 4.69) is 21.4 Å². The highest BCUT2D eigenvalue weighted by Gasteiger charge is 2.18. The maximum Gasteiger partial charge on any atom is 0.339 e. The van der Waals surface area contributed by atoms with Crippen molar-refractivity contribution >= 4 is 33.6 Å². The normalized spacial score (nSPS) is 11.0. The fourth-order valence-electron chi connectivity index (χ4n) is 2.50. The van der Waals surface area contributed by atoms with Gasteiger partial charge in [-0.1, -0.05) is 0 Å². The molecular formula is C16H14N4O2. The summed E-state index contributed by atoms with van der Waals surface area (Å²) in [6.07, 6.45) is 1.36. The van der Waals surface area contributed by atoms with E-state index in [9.17, 15) is 9.90 Å². The summed E-state index contributed by atoms with van der Waals surface area (Å²) in [5.74, 6) is -1.03. The average Bonchev–Trinajstić information content (AvgIpc) is 2.84. The molecule has 0 saturated carbocycles. The summed E-state index contributed by atoms with van der Waals surface area (Å²) in [4.78, 5) is 18.9. The van der Waals surface area contributed by atoms with Crippen LogP contribution in [0.25, 0.3) is 21.9 Å². The van der Waals surface area contributed by atoms with Gasteiger partial charge in [0.05, 0.1) is 28.4 Å². The van der Waals surface area contributed by atoms with Gasteiger partial charge in [0.2, 0.25) is 0 Å². The molecular weight excluding hydrogens is 280 g/mol. The van der Waals surface area contributed by atoms with Crippen LogP contribution in [0.2, 0.25) is 0 Å². The van der Waals surface area contributed by atoms with Crippen LogP contribution in [0.4, 0.5) is 5.69 Å². The molecule has 0 unspecified atom stereocenters. The number of rotatable bonds is 3. The van der Waals surface area contributed by atoms with Crippen molar-refractivity contribution in [3.8, 4) is 6.07 Å². The highest BCUT2D eigenvalue weighted by molar-refractivity contribution is 6.12. The molecule has 0 spiro atoms. The molecule has 110 valence electrons. The Bertz CT molecular complexity index is 935. The van der Waals surface area contributed by atoms with Gasteiger partial charge in [-0.15, -0.1) is 0 Å². The molecule has 2 aromatic heterocycles. The quantitative estimate of drug-likeness (QED) is 0.689. The van der Waals surface area contributed by atoms with E-state index in [0.29, 0.717) is 22.3 Å². The summed E-state index contributed by atoms with van der Waals surface area (Å²) in [7, 11) is 0. The van der Waals surface area contributed by atoms with Gasteiger partial charge in [0.15, 0.2) is 0 Å². The van der Waals surface area contributed by atoms with E-state index >= 15 is 0 Å². The van der Waals surface area contributed by atoms with Crippen LogP contribution in [0.15, 0.2) is 24.4 Å². The lowest BCUT2D eigenvalue weighted by Gasteiger charge is -2.13. The Balaban J connectivity index is 2.37. The highest BCUT2D eigenvalue weighted by atomic mass is 16.4. The van der Waals surface area contributed by atoms with Gasteiger partial charge < -0.3 is 15.4 Å². The number of nitrogens with one attached hydrogen (secondary N) is 2. The zero-order valence-electron chi connectivity index (χ0n) is 12.1. The van der Waals surface area contributed by atoms with Crippen LogP contribution in [0.1, 0.15) is 29.8 Å². The predicted octanol–water partition coefficient (Wildman–Crippen LogP) is 3.11. The third-order valence-electron chi connectivity index (χ3n) is 3.41. The van der Waals surface area contributed by atoms with Crippen molar-refractivity contribution in [3.05, 3.63) is 35.5 Å². The first-order chi connectivity index (χ1) is 10.5. The number of nitriles is 1. The molecule has 0 fully saturated rings. The zero-order valence-corrected chi connectivity index (χ0v) is 12.1. The van der Waals surface area contributed by atoms with E-state index in [4.69, 9.17) is 5.26 Å². The minimum absolute atomic E-state index is 0.0739. The number of benzene rings is 1. The van der Waals surface area contributed by atoms with Crippen LogP contribution in [0, 0.1) is 11.3 Å². The van der Waals surface area contributed by atoms with Crippen molar-refractivity contribution in [2.75, 3.05) is 5.32 Å². The summed E-state index contributed by atoms with van der Waals surface area (Å²) in [5.41, 5.74) is 3.26. The number of aromatic amines is 1. The standard InChI is InChI=1S/C16H14N4O2/c1-8(2)19-14-11(16(21)22)7-18-13-10-4-3-9(6-17)5-12(10)20-15(13)14/h3-5,7-8,20H,1-2H3,(H,18,19)(H,21,22). The largest absolute Gasteiger partial charge is 0.478 e. The first-order valence-electron chi connectivity index (χ1n) is 6.85. The molecule has 0 atom stereocenters. The number of carboxylic acids is 1. The lowest BCUT2D eigenvalue weighted by atomic mass is 10.1. The molecule has 0 aliphatic rings. The minimum atomic E-state index is -1.03. The number of nitrogens with zero attached hydrogens (tertiary/aromatic N) is 2. The van der Waals surface area contributed by atoms with Crippen molar-refractivity contribution in [2.24, 2.45) is 0 Å². The number of carbonyl (C=O) groups is 1. The molecule has 22 heavy (non-hydrogen) atoms. The maximum absolute atomic E-state index is 11.4. The molecule has 1 aromatic carbocycles. The summed E-state index contributed by atoms with van der Waals surface area (Å²) in [6.45, 7) is 3.88. The smallest absolute Gasteiger partial charge is 0.339 e. The van der Waals surface area contributed by atoms with Crippen LogP contribution in [0.3, 0.4) is 0 Å². The van der Waals surface area contributed by atoms with E-state index in [-0.39, 0.29) is 11.6 Å². The summed E-state index contributed by atoms with van der Waals surface area (Å²) >= 11 is 0. The second-order valence-electron chi connectivity index (χ2n) is 5.37. The van der Waals surface area contributed by atoms with Gasteiger partial charge >= 0.3 is 5.97 Å². The molecule has 0 radical (unpaired) electrons. The van der Waals surface area contributed by atoms with Crippen LogP contribution in [0.5, 0.6) is 0 Å². The van der Waals surface area contributed by atoms with E-state index < -0.39 is 5.97 Å². The molecule has 0 aliphatic carbocycles. The number of H-pyrrole nitrogens is 1. The SMILES string of the molecule is CC(C)Nc1c(C(=O)O)cnc2c1[nH]c1cc(C#N)ccc12. The Labute approximate surface area is 126 Å². The van der Waals surface area contributed by atoms with Crippen LogP contribution >= 0.6 is 0 Å². The third kappa shape index (κ3) is 2.13. The van der Waals surface area contributed by atoms with E-state index in [0.717, 1.165) is 10.9 Å². The lowest BCUT2D eigenvalue weighted by Crippen LogP contribution is -2.14. The molecule has 6 heteroatoms. The van der Waals surface area contributed by atoms with Crippen LogP contribution in [-0.2, 0) is 0 Å². The van der Waals surface area contributed by atoms with Crippen molar-refractivity contribution in [1.82, 2.24) is 9.97 Å². The number of pyridine rings is 1. The van der Waals surface area contributed by atoms with Gasteiger partial charge in [0.1, 0.15) is 5.56 Å². The van der Waals surface area contributed by atoms with Crippen molar-refractivity contribution in [3.63, 3.8) is 0 Å². The number of hydrogen-bond donors (Lipinski definition) is 3. The monoisotopic (exact) mass is 294 g/mol. The first-order valence-corrected chi connectivity index (χ1v) is 6.85. The Hall–Kier alpha value is -3.07. The van der Waals surface area contributed by atoms with Gasteiger partial charge in [0.25, 0.3) is 0 Å². The Morgan fingerprint density at radius 1 is 1.45 bits per heavy atom. The average molecular weight is 294 g/mol. The van der Waals surface area contributed by atoms with Crippen molar-refractivity contribution in [1.29, 1.82) is 5.26 Å². The van der Waals surface area contributed by atoms with Crippen LogP contribution < -0.4 is 5.32 Å². The number of hydrogen-bond acceptors (Lipinski definition) is 4. The van der Waals surface area contributed by atoms with Crippen molar-refractivity contribution < 1.29 is 9.90 Å². The Morgan fingerprint density at radius 3 is 2.86 bits per heavy atom. The molecule has 6 nitrogen and oxygen atoms in total. The number of fused-ring (bicyclic) bond motifs is 3. The van der Waals surface area contributed by atoms with Gasteiger partial charge in [0, 0.05) is 23.1 Å². The molecule has 0 aliphatic heterocycles. The van der Waals surface area contributed by atoms with Gasteiger partial charge in [-0.05, 0) is 32.0 Å². The topological polar surface area (TPSA) is 102 Å². The zero-order chi connectivity index (χ0) is 15.9. The fraction of sp³-hybridized carbons (Fsp3) is 0.188. The van der Waals surface area contributed by atoms with Gasteiger partial charge in [-0.2, -0.15) is 5.26 Å². The predicted molar refractivity (Wildman–Crippen MR) is 84.0 cm³/mol. The third-order valence-corrected chi connectivity index (χ3v) is 3.41. The minimum Gasteiger partial charge on any atom is -0.478 e. The van der Waals surface area contributed by atoms with E-state index in [1.54, 1.807) is 12.1 Å². The summed E-state index contributed by atoms with van der Waals surface area (Å²) in [6, 6.07) is 7.44. The molecule has 0 amide bonds. The molecule has 3 N–H and O–H groups in total. The highest BCUT2D eigenvalue weighted by Crippen LogP contribution is 2.32. The number of aromatic carboxylic acids is 1. The number of carboxylic acid groups (broad SMARTS) is 1. The second-order valence-corrected chi connectivity index (χ2v) is 5.37. The molecule has 3 rings (SSSR count). The molecule has 3 aromatic rings.